The molecule has 0 aromatic heterocycles. The summed E-state index contributed by atoms with van der Waals surface area (Å²) in [5.74, 6) is 0. The van der Waals surface area contributed by atoms with E-state index in [4.69, 9.17) is 5.73 Å². The summed E-state index contributed by atoms with van der Waals surface area (Å²) in [5.41, 5.74) is 8.43. The quantitative estimate of drug-likeness (QED) is 0.727. The molecular weight excluding hydrogens is 212 g/mol. The first kappa shape index (κ1) is 10.6. The first-order valence-corrected chi connectivity index (χ1v) is 6.18. The highest BCUT2D eigenvalue weighted by atomic mass is 16.2. The molecule has 1 heterocycles. The van der Waals surface area contributed by atoms with E-state index >= 15 is 0 Å². The number of carbonyl (C=O) groups is 1. The van der Waals surface area contributed by atoms with Crippen molar-refractivity contribution in [1.82, 2.24) is 4.90 Å². The van der Waals surface area contributed by atoms with Crippen LogP contribution in [0.4, 0.5) is 4.79 Å². The summed E-state index contributed by atoms with van der Waals surface area (Å²) in [6, 6.07) is 8.34. The summed E-state index contributed by atoms with van der Waals surface area (Å²) in [7, 11) is 0. The van der Waals surface area contributed by atoms with Gasteiger partial charge in [0.25, 0.3) is 0 Å². The minimum absolute atomic E-state index is 0.266. The van der Waals surface area contributed by atoms with E-state index in [2.05, 4.69) is 30.7 Å². The fourth-order valence-corrected chi connectivity index (χ4v) is 3.20. The van der Waals surface area contributed by atoms with Crippen LogP contribution in [0.2, 0.25) is 0 Å². The van der Waals surface area contributed by atoms with Crippen molar-refractivity contribution in [3.63, 3.8) is 0 Å². The number of nitrogens with zero attached hydrogens (tertiary/aromatic N) is 1. The number of primary amides is 1. The summed E-state index contributed by atoms with van der Waals surface area (Å²) >= 11 is 0. The molecule has 2 amide bonds. The lowest BCUT2D eigenvalue weighted by Gasteiger charge is -2.39. The Labute approximate surface area is 102 Å². The highest BCUT2D eigenvalue weighted by molar-refractivity contribution is 5.72. The number of nitrogens with two attached hydrogens (primary N) is 1. The van der Waals surface area contributed by atoms with E-state index in [9.17, 15) is 4.79 Å². The molecule has 2 aliphatic rings. The maximum atomic E-state index is 11.1. The van der Waals surface area contributed by atoms with Crippen molar-refractivity contribution >= 4 is 6.03 Å². The predicted octanol–water partition coefficient (Wildman–Crippen LogP) is 2.05. The van der Waals surface area contributed by atoms with Crippen LogP contribution in [0.3, 0.4) is 0 Å². The second kappa shape index (κ2) is 3.76. The van der Waals surface area contributed by atoms with Crippen molar-refractivity contribution in [1.29, 1.82) is 0 Å². The molecule has 3 nitrogen and oxygen atoms in total. The monoisotopic (exact) mass is 229 g/mol. The highest BCUT2D eigenvalue weighted by Crippen LogP contribution is 2.46. The molecule has 1 aliphatic heterocycles. The van der Waals surface area contributed by atoms with Crippen LogP contribution in [0.25, 0.3) is 0 Å². The third-order valence-corrected chi connectivity index (χ3v) is 4.28. The van der Waals surface area contributed by atoms with Crippen LogP contribution < -0.4 is 5.73 Å². The van der Waals surface area contributed by atoms with Gasteiger partial charge in [0, 0.05) is 13.1 Å². The molecule has 1 spiro atoms. The number of carbonyl (C=O) groups excluding carboxylic acids is 1. The number of hydrogen-bond acceptors (Lipinski definition) is 1. The third-order valence-electron chi connectivity index (χ3n) is 4.28. The maximum Gasteiger partial charge on any atom is 0.314 e. The number of fused-ring (bicyclic) bond motifs is 2. The van der Waals surface area contributed by atoms with Gasteiger partial charge in [-0.3, -0.25) is 0 Å². The molecule has 1 fully saturated rings. The SMILES string of the molecule is NC(=O)N1CCC2(C[CH]c3ccccc32)CC1. The van der Waals surface area contributed by atoms with Crippen molar-refractivity contribution in [3.8, 4) is 0 Å². The highest BCUT2D eigenvalue weighted by Gasteiger charge is 2.41. The molecule has 3 rings (SSSR count). The van der Waals surface area contributed by atoms with Crippen LogP contribution >= 0.6 is 0 Å². The molecule has 2 N–H and O–H groups in total. The van der Waals surface area contributed by atoms with Crippen molar-refractivity contribution in [3.05, 3.63) is 41.8 Å². The molecule has 1 saturated heterocycles. The molecule has 1 aliphatic carbocycles. The van der Waals surface area contributed by atoms with E-state index < -0.39 is 0 Å². The molecule has 0 unspecified atom stereocenters. The Bertz CT molecular complexity index is 447. The van der Waals surface area contributed by atoms with E-state index in [0.29, 0.717) is 0 Å². The van der Waals surface area contributed by atoms with E-state index in [1.165, 1.54) is 11.1 Å². The summed E-state index contributed by atoms with van der Waals surface area (Å²) in [6.45, 7) is 1.58. The van der Waals surface area contributed by atoms with Crippen LogP contribution in [0, 0.1) is 6.42 Å². The molecular formula is C14H17N2O. The van der Waals surface area contributed by atoms with Gasteiger partial charge in [0.1, 0.15) is 0 Å². The Morgan fingerprint density at radius 1 is 1.24 bits per heavy atom. The van der Waals surface area contributed by atoms with Crippen LogP contribution in [-0.2, 0) is 5.41 Å². The summed E-state index contributed by atoms with van der Waals surface area (Å²) in [5, 5.41) is 0. The average molecular weight is 229 g/mol. The number of likely N-dealkylation sites (tertiary alicyclic amines) is 1. The van der Waals surface area contributed by atoms with Gasteiger partial charge in [0.05, 0.1) is 0 Å². The molecule has 0 saturated carbocycles. The zero-order chi connectivity index (χ0) is 11.9. The fraction of sp³-hybridized carbons (Fsp3) is 0.429. The molecule has 3 heteroatoms. The molecule has 89 valence electrons. The maximum absolute atomic E-state index is 11.1. The topological polar surface area (TPSA) is 46.3 Å². The first-order valence-electron chi connectivity index (χ1n) is 6.18. The molecule has 1 aromatic carbocycles. The molecule has 17 heavy (non-hydrogen) atoms. The number of rotatable bonds is 0. The second-order valence-electron chi connectivity index (χ2n) is 5.10. The molecule has 1 aromatic rings. The smallest absolute Gasteiger partial charge is 0.314 e. The van der Waals surface area contributed by atoms with Gasteiger partial charge in [-0.05, 0) is 42.2 Å². The van der Waals surface area contributed by atoms with Gasteiger partial charge in [-0.2, -0.15) is 0 Å². The van der Waals surface area contributed by atoms with Gasteiger partial charge >= 0.3 is 6.03 Å². The standard InChI is InChI=1S/C14H17N2O/c15-13(17)16-9-7-14(8-10-16)6-5-11-3-1-2-4-12(11)14/h1-5H,6-10H2,(H2,15,17). The zero-order valence-electron chi connectivity index (χ0n) is 9.86. The van der Waals surface area contributed by atoms with E-state index in [-0.39, 0.29) is 11.4 Å². The van der Waals surface area contributed by atoms with E-state index in [1.807, 2.05) is 0 Å². The lowest BCUT2D eigenvalue weighted by Crippen LogP contribution is -2.46. The Kier molecular flexibility index (Phi) is 2.35. The van der Waals surface area contributed by atoms with Gasteiger partial charge in [-0.1, -0.05) is 24.3 Å². The summed E-state index contributed by atoms with van der Waals surface area (Å²) in [4.78, 5) is 12.9. The lowest BCUT2D eigenvalue weighted by atomic mass is 9.74. The number of benzene rings is 1. The van der Waals surface area contributed by atoms with Crippen molar-refractivity contribution in [2.45, 2.75) is 24.7 Å². The largest absolute Gasteiger partial charge is 0.351 e. The Hall–Kier alpha value is -1.51. The summed E-state index contributed by atoms with van der Waals surface area (Å²) < 4.78 is 0. The number of amides is 2. The van der Waals surface area contributed by atoms with Gasteiger partial charge in [-0.25, -0.2) is 4.79 Å². The van der Waals surface area contributed by atoms with Crippen molar-refractivity contribution in [2.75, 3.05) is 13.1 Å². The molecule has 1 radical (unpaired) electrons. The third kappa shape index (κ3) is 1.61. The van der Waals surface area contributed by atoms with Gasteiger partial charge < -0.3 is 10.6 Å². The minimum atomic E-state index is -0.282. The van der Waals surface area contributed by atoms with Crippen molar-refractivity contribution in [2.24, 2.45) is 5.73 Å². The van der Waals surface area contributed by atoms with Gasteiger partial charge in [-0.15, -0.1) is 0 Å². The van der Waals surface area contributed by atoms with E-state index in [1.54, 1.807) is 4.90 Å². The van der Waals surface area contributed by atoms with Crippen LogP contribution in [0.5, 0.6) is 0 Å². The normalized spacial score (nSPS) is 21.5. The lowest BCUT2D eigenvalue weighted by molar-refractivity contribution is 0.167. The molecule has 0 bridgehead atoms. The van der Waals surface area contributed by atoms with Crippen LogP contribution in [0.1, 0.15) is 30.4 Å². The predicted molar refractivity (Wildman–Crippen MR) is 66.5 cm³/mol. The van der Waals surface area contributed by atoms with Crippen molar-refractivity contribution < 1.29 is 4.79 Å². The average Bonchev–Trinajstić information content (AvgIpc) is 2.70. The fourth-order valence-electron chi connectivity index (χ4n) is 3.20. The minimum Gasteiger partial charge on any atom is -0.351 e. The van der Waals surface area contributed by atoms with E-state index in [0.717, 1.165) is 32.4 Å². The van der Waals surface area contributed by atoms with Gasteiger partial charge in [0.2, 0.25) is 0 Å². The Balaban J connectivity index is 1.85. The van der Waals surface area contributed by atoms with Crippen LogP contribution in [-0.4, -0.2) is 24.0 Å². The number of hydrogen-bond donors (Lipinski definition) is 1. The summed E-state index contributed by atoms with van der Waals surface area (Å²) in [6.07, 6.45) is 5.50. The Morgan fingerprint density at radius 3 is 2.65 bits per heavy atom. The first-order chi connectivity index (χ1) is 8.21. The zero-order valence-corrected chi connectivity index (χ0v) is 9.86. The second-order valence-corrected chi connectivity index (χ2v) is 5.10. The number of urea groups is 1. The molecule has 0 atom stereocenters. The van der Waals surface area contributed by atoms with Crippen LogP contribution in [0.15, 0.2) is 24.3 Å². The van der Waals surface area contributed by atoms with Gasteiger partial charge in [0.15, 0.2) is 0 Å². The Morgan fingerprint density at radius 2 is 1.94 bits per heavy atom. The number of piperidine rings is 1.